The van der Waals surface area contributed by atoms with Crippen LogP contribution in [0.25, 0.3) is 10.4 Å². The van der Waals surface area contributed by atoms with E-state index in [0.29, 0.717) is 0 Å². The first-order valence-corrected chi connectivity index (χ1v) is 5.84. The SMILES string of the molecule is CCc1nc(C)c(-c2ccc(N)cc2)s1. The van der Waals surface area contributed by atoms with Crippen molar-refractivity contribution in [1.29, 1.82) is 0 Å². The van der Waals surface area contributed by atoms with E-state index in [9.17, 15) is 0 Å². The molecule has 1 aromatic heterocycles. The zero-order valence-corrected chi connectivity index (χ0v) is 9.77. The fraction of sp³-hybridized carbons (Fsp3) is 0.250. The van der Waals surface area contributed by atoms with Gasteiger partial charge in [0.1, 0.15) is 0 Å². The van der Waals surface area contributed by atoms with Crippen molar-refractivity contribution in [3.8, 4) is 10.4 Å². The number of hydrogen-bond acceptors (Lipinski definition) is 3. The summed E-state index contributed by atoms with van der Waals surface area (Å²) in [6.07, 6.45) is 1.00. The average molecular weight is 218 g/mol. The van der Waals surface area contributed by atoms with E-state index in [1.54, 1.807) is 11.3 Å². The molecule has 0 bridgehead atoms. The molecule has 0 aliphatic carbocycles. The van der Waals surface area contributed by atoms with Gasteiger partial charge in [-0.05, 0) is 31.0 Å². The van der Waals surface area contributed by atoms with E-state index in [4.69, 9.17) is 5.73 Å². The minimum absolute atomic E-state index is 0.802. The van der Waals surface area contributed by atoms with E-state index >= 15 is 0 Å². The van der Waals surface area contributed by atoms with E-state index in [-0.39, 0.29) is 0 Å². The van der Waals surface area contributed by atoms with E-state index in [1.807, 2.05) is 12.1 Å². The third-order valence-electron chi connectivity index (χ3n) is 2.32. The number of aryl methyl sites for hydroxylation is 2. The maximum atomic E-state index is 5.66. The molecule has 15 heavy (non-hydrogen) atoms. The largest absolute Gasteiger partial charge is 0.399 e. The molecule has 0 spiro atoms. The summed E-state index contributed by atoms with van der Waals surface area (Å²) in [5.74, 6) is 0. The summed E-state index contributed by atoms with van der Waals surface area (Å²) in [6.45, 7) is 4.19. The lowest BCUT2D eigenvalue weighted by Gasteiger charge is -1.98. The molecular weight excluding hydrogens is 204 g/mol. The summed E-state index contributed by atoms with van der Waals surface area (Å²) >= 11 is 1.77. The Hall–Kier alpha value is -1.35. The van der Waals surface area contributed by atoms with E-state index in [1.165, 1.54) is 15.4 Å². The van der Waals surface area contributed by atoms with Crippen molar-refractivity contribution < 1.29 is 0 Å². The lowest BCUT2D eigenvalue weighted by molar-refractivity contribution is 1.07. The number of nitrogens with zero attached hydrogens (tertiary/aromatic N) is 1. The van der Waals surface area contributed by atoms with Crippen LogP contribution in [-0.2, 0) is 6.42 Å². The van der Waals surface area contributed by atoms with Gasteiger partial charge in [0.2, 0.25) is 0 Å². The molecule has 0 radical (unpaired) electrons. The predicted octanol–water partition coefficient (Wildman–Crippen LogP) is 3.26. The van der Waals surface area contributed by atoms with Gasteiger partial charge < -0.3 is 5.73 Å². The highest BCUT2D eigenvalue weighted by Crippen LogP contribution is 2.30. The van der Waals surface area contributed by atoms with Crippen LogP contribution in [0.3, 0.4) is 0 Å². The normalized spacial score (nSPS) is 10.5. The molecule has 2 aromatic rings. The van der Waals surface area contributed by atoms with Crippen molar-refractivity contribution >= 4 is 17.0 Å². The van der Waals surface area contributed by atoms with Crippen molar-refractivity contribution in [3.63, 3.8) is 0 Å². The number of thiazole rings is 1. The molecule has 0 saturated heterocycles. The first-order chi connectivity index (χ1) is 7.20. The number of rotatable bonds is 2. The molecule has 1 heterocycles. The fourth-order valence-corrected chi connectivity index (χ4v) is 2.52. The van der Waals surface area contributed by atoms with E-state index in [2.05, 4.69) is 31.0 Å². The Bertz CT molecular complexity index is 457. The molecule has 0 saturated carbocycles. The summed E-state index contributed by atoms with van der Waals surface area (Å²) < 4.78 is 0. The molecule has 0 unspecified atom stereocenters. The second-order valence-corrected chi connectivity index (χ2v) is 4.58. The monoisotopic (exact) mass is 218 g/mol. The molecular formula is C12H14N2S. The second-order valence-electron chi connectivity index (χ2n) is 3.50. The Labute approximate surface area is 93.8 Å². The van der Waals surface area contributed by atoms with Gasteiger partial charge in [-0.25, -0.2) is 4.98 Å². The molecule has 3 heteroatoms. The topological polar surface area (TPSA) is 38.9 Å². The molecule has 2 rings (SSSR count). The van der Waals surface area contributed by atoms with Crippen LogP contribution in [0.15, 0.2) is 24.3 Å². The van der Waals surface area contributed by atoms with Crippen molar-refractivity contribution in [3.05, 3.63) is 35.0 Å². The van der Waals surface area contributed by atoms with Crippen LogP contribution in [0.1, 0.15) is 17.6 Å². The molecule has 0 aliphatic heterocycles. The Morgan fingerprint density at radius 2 is 1.93 bits per heavy atom. The van der Waals surface area contributed by atoms with Crippen molar-refractivity contribution in [2.45, 2.75) is 20.3 Å². The molecule has 2 N–H and O–H groups in total. The highest BCUT2D eigenvalue weighted by molar-refractivity contribution is 7.15. The summed E-state index contributed by atoms with van der Waals surface area (Å²) in [7, 11) is 0. The quantitative estimate of drug-likeness (QED) is 0.786. The Kier molecular flexibility index (Phi) is 2.73. The molecule has 0 fully saturated rings. The van der Waals surface area contributed by atoms with Crippen LogP contribution in [0.2, 0.25) is 0 Å². The van der Waals surface area contributed by atoms with Crippen molar-refractivity contribution in [1.82, 2.24) is 4.98 Å². The highest BCUT2D eigenvalue weighted by Gasteiger charge is 2.07. The van der Waals surface area contributed by atoms with Crippen LogP contribution in [-0.4, -0.2) is 4.98 Å². The van der Waals surface area contributed by atoms with Gasteiger partial charge in [-0.3, -0.25) is 0 Å². The summed E-state index contributed by atoms with van der Waals surface area (Å²) in [5, 5.41) is 1.19. The zero-order chi connectivity index (χ0) is 10.8. The van der Waals surface area contributed by atoms with Crippen LogP contribution < -0.4 is 5.73 Å². The van der Waals surface area contributed by atoms with Gasteiger partial charge in [-0.2, -0.15) is 0 Å². The number of anilines is 1. The van der Waals surface area contributed by atoms with Gasteiger partial charge in [0.05, 0.1) is 15.6 Å². The van der Waals surface area contributed by atoms with E-state index in [0.717, 1.165) is 17.8 Å². The summed E-state index contributed by atoms with van der Waals surface area (Å²) in [6, 6.07) is 7.96. The van der Waals surface area contributed by atoms with Crippen LogP contribution in [0.4, 0.5) is 5.69 Å². The Morgan fingerprint density at radius 3 is 2.47 bits per heavy atom. The van der Waals surface area contributed by atoms with Gasteiger partial charge in [0.25, 0.3) is 0 Å². The van der Waals surface area contributed by atoms with Crippen molar-refractivity contribution in [2.24, 2.45) is 0 Å². The number of nitrogen functional groups attached to an aromatic ring is 1. The standard InChI is InChI=1S/C12H14N2S/c1-3-11-14-8(2)12(15-11)9-4-6-10(13)7-5-9/h4-7H,3,13H2,1-2H3. The third-order valence-corrected chi connectivity index (χ3v) is 3.67. The summed E-state index contributed by atoms with van der Waals surface area (Å²) in [5.41, 5.74) is 8.78. The first kappa shape index (κ1) is 10.2. The minimum atomic E-state index is 0.802. The van der Waals surface area contributed by atoms with Crippen LogP contribution >= 0.6 is 11.3 Å². The van der Waals surface area contributed by atoms with Crippen LogP contribution in [0, 0.1) is 6.92 Å². The lowest BCUT2D eigenvalue weighted by atomic mass is 10.1. The summed E-state index contributed by atoms with van der Waals surface area (Å²) in [4.78, 5) is 5.77. The predicted molar refractivity (Wildman–Crippen MR) is 66.1 cm³/mol. The molecule has 0 atom stereocenters. The number of aromatic nitrogens is 1. The van der Waals surface area contributed by atoms with Gasteiger partial charge in [0.15, 0.2) is 0 Å². The van der Waals surface area contributed by atoms with Crippen LogP contribution in [0.5, 0.6) is 0 Å². The van der Waals surface area contributed by atoms with Gasteiger partial charge in [-0.1, -0.05) is 19.1 Å². The molecule has 2 nitrogen and oxygen atoms in total. The first-order valence-electron chi connectivity index (χ1n) is 5.03. The highest BCUT2D eigenvalue weighted by atomic mass is 32.1. The minimum Gasteiger partial charge on any atom is -0.399 e. The second kappa shape index (κ2) is 4.03. The molecule has 78 valence electrons. The molecule has 0 aliphatic rings. The maximum absolute atomic E-state index is 5.66. The average Bonchev–Trinajstić information content (AvgIpc) is 2.61. The smallest absolute Gasteiger partial charge is 0.0931 e. The Morgan fingerprint density at radius 1 is 1.27 bits per heavy atom. The maximum Gasteiger partial charge on any atom is 0.0931 e. The molecule has 1 aromatic carbocycles. The van der Waals surface area contributed by atoms with E-state index < -0.39 is 0 Å². The number of hydrogen-bond donors (Lipinski definition) is 1. The van der Waals surface area contributed by atoms with Crippen molar-refractivity contribution in [2.75, 3.05) is 5.73 Å². The molecule has 0 amide bonds. The Balaban J connectivity index is 2.44. The van der Waals surface area contributed by atoms with Gasteiger partial charge in [0, 0.05) is 5.69 Å². The third kappa shape index (κ3) is 2.02. The zero-order valence-electron chi connectivity index (χ0n) is 8.95. The number of benzene rings is 1. The number of nitrogens with two attached hydrogens (primary N) is 1. The van der Waals surface area contributed by atoms with Gasteiger partial charge >= 0.3 is 0 Å². The fourth-order valence-electron chi connectivity index (χ4n) is 1.51. The lowest BCUT2D eigenvalue weighted by Crippen LogP contribution is -1.83. The van der Waals surface area contributed by atoms with Gasteiger partial charge in [-0.15, -0.1) is 11.3 Å².